The molecule has 1 aliphatic rings. The van der Waals surface area contributed by atoms with E-state index in [0.717, 1.165) is 0 Å². The largest absolute Gasteiger partial charge is 0.380 e. The quantitative estimate of drug-likeness (QED) is 0.375. The molecular formula is C4H7NO3. The lowest BCUT2D eigenvalue weighted by Gasteiger charge is -2.21. The van der Waals surface area contributed by atoms with E-state index in [0.29, 0.717) is 13.2 Å². The van der Waals surface area contributed by atoms with Gasteiger partial charge in [0.15, 0.2) is 0 Å². The van der Waals surface area contributed by atoms with Crippen LogP contribution in [0.1, 0.15) is 0 Å². The first-order valence-electron chi connectivity index (χ1n) is 2.48. The third-order valence-electron chi connectivity index (χ3n) is 1.11. The minimum atomic E-state index is -0.298. The Morgan fingerprint density at radius 2 is 2.38 bits per heavy atom. The summed E-state index contributed by atoms with van der Waals surface area (Å²) in [6, 6.07) is 0. The van der Waals surface area contributed by atoms with Gasteiger partial charge in [-0.3, -0.25) is 10.1 Å². The summed E-state index contributed by atoms with van der Waals surface area (Å²) < 4.78 is 4.73. The Balaban J connectivity index is 2.09. The molecule has 0 saturated carbocycles. The molecule has 1 saturated heterocycles. The second-order valence-electron chi connectivity index (χ2n) is 1.92. The van der Waals surface area contributed by atoms with E-state index in [2.05, 4.69) is 0 Å². The van der Waals surface area contributed by atoms with Crippen LogP contribution in [0, 0.1) is 16.0 Å². The van der Waals surface area contributed by atoms with Crippen LogP contribution in [0.5, 0.6) is 0 Å². The monoisotopic (exact) mass is 117 g/mol. The van der Waals surface area contributed by atoms with Gasteiger partial charge in [-0.25, -0.2) is 0 Å². The van der Waals surface area contributed by atoms with Crippen molar-refractivity contribution in [3.8, 4) is 0 Å². The smallest absolute Gasteiger partial charge is 0.211 e. The van der Waals surface area contributed by atoms with Crippen LogP contribution in [0.2, 0.25) is 0 Å². The third kappa shape index (κ3) is 1.16. The van der Waals surface area contributed by atoms with Crippen LogP contribution in [-0.4, -0.2) is 24.7 Å². The molecule has 1 fully saturated rings. The second-order valence-corrected chi connectivity index (χ2v) is 1.92. The van der Waals surface area contributed by atoms with Crippen LogP contribution in [0.15, 0.2) is 0 Å². The molecule has 0 aromatic rings. The van der Waals surface area contributed by atoms with Gasteiger partial charge in [0.05, 0.1) is 19.1 Å². The maximum atomic E-state index is 9.75. The molecule has 0 N–H and O–H groups in total. The summed E-state index contributed by atoms with van der Waals surface area (Å²) >= 11 is 0. The summed E-state index contributed by atoms with van der Waals surface area (Å²) in [5, 5.41) is 9.75. The summed E-state index contributed by atoms with van der Waals surface area (Å²) in [6.07, 6.45) is 0. The Morgan fingerprint density at radius 1 is 1.75 bits per heavy atom. The SMILES string of the molecule is O=[N+]([O-])CC1COC1. The summed E-state index contributed by atoms with van der Waals surface area (Å²) in [5.41, 5.74) is 0. The molecule has 0 aromatic carbocycles. The minimum Gasteiger partial charge on any atom is -0.380 e. The fraction of sp³-hybridized carbons (Fsp3) is 1.00. The Morgan fingerprint density at radius 3 is 2.50 bits per heavy atom. The van der Waals surface area contributed by atoms with Crippen molar-refractivity contribution >= 4 is 0 Å². The molecule has 0 aliphatic carbocycles. The molecule has 0 atom stereocenters. The predicted octanol–water partition coefficient (Wildman–Crippen LogP) is -0.0905. The van der Waals surface area contributed by atoms with E-state index in [4.69, 9.17) is 4.74 Å². The van der Waals surface area contributed by atoms with E-state index in [1.54, 1.807) is 0 Å². The summed E-state index contributed by atoms with van der Waals surface area (Å²) in [6.45, 7) is 1.21. The van der Waals surface area contributed by atoms with E-state index < -0.39 is 0 Å². The van der Waals surface area contributed by atoms with Crippen LogP contribution < -0.4 is 0 Å². The normalized spacial score (nSPS) is 20.0. The van der Waals surface area contributed by atoms with Crippen LogP contribution in [-0.2, 0) is 4.74 Å². The maximum Gasteiger partial charge on any atom is 0.211 e. The number of hydrogen-bond donors (Lipinski definition) is 0. The van der Waals surface area contributed by atoms with Gasteiger partial charge in [0.1, 0.15) is 0 Å². The average Bonchev–Trinajstić information content (AvgIpc) is 1.55. The highest BCUT2D eigenvalue weighted by Crippen LogP contribution is 2.08. The lowest BCUT2D eigenvalue weighted by molar-refractivity contribution is -0.494. The second kappa shape index (κ2) is 2.09. The highest BCUT2D eigenvalue weighted by Gasteiger charge is 2.23. The van der Waals surface area contributed by atoms with Crippen LogP contribution in [0.4, 0.5) is 0 Å². The maximum absolute atomic E-state index is 9.75. The molecule has 1 aliphatic heterocycles. The molecule has 4 nitrogen and oxygen atoms in total. The summed E-state index contributed by atoms with van der Waals surface area (Å²) in [4.78, 5) is 9.45. The Labute approximate surface area is 46.6 Å². The molecule has 0 radical (unpaired) electrons. The molecule has 0 bridgehead atoms. The highest BCUT2D eigenvalue weighted by molar-refractivity contribution is 4.62. The molecule has 46 valence electrons. The first kappa shape index (κ1) is 5.50. The van der Waals surface area contributed by atoms with E-state index in [1.807, 2.05) is 0 Å². The van der Waals surface area contributed by atoms with Gasteiger partial charge in [-0.1, -0.05) is 0 Å². The van der Waals surface area contributed by atoms with Crippen LogP contribution in [0.3, 0.4) is 0 Å². The van der Waals surface area contributed by atoms with Gasteiger partial charge in [-0.05, 0) is 0 Å². The first-order chi connectivity index (χ1) is 3.79. The van der Waals surface area contributed by atoms with E-state index >= 15 is 0 Å². The Kier molecular flexibility index (Phi) is 1.43. The van der Waals surface area contributed by atoms with Crippen molar-refractivity contribution in [3.63, 3.8) is 0 Å². The number of nitrogens with zero attached hydrogens (tertiary/aromatic N) is 1. The van der Waals surface area contributed by atoms with E-state index in [1.165, 1.54) is 0 Å². The number of nitro groups is 1. The molecule has 0 aromatic heterocycles. The molecule has 0 unspecified atom stereocenters. The first-order valence-corrected chi connectivity index (χ1v) is 2.48. The van der Waals surface area contributed by atoms with Gasteiger partial charge in [-0.15, -0.1) is 0 Å². The minimum absolute atomic E-state index is 0.0694. The van der Waals surface area contributed by atoms with Crippen molar-refractivity contribution in [2.75, 3.05) is 19.8 Å². The number of ether oxygens (including phenoxy) is 1. The van der Waals surface area contributed by atoms with Crippen molar-refractivity contribution < 1.29 is 9.66 Å². The molecule has 0 amide bonds. The van der Waals surface area contributed by atoms with Crippen molar-refractivity contribution in [2.24, 2.45) is 5.92 Å². The van der Waals surface area contributed by atoms with Gasteiger partial charge in [0.25, 0.3) is 0 Å². The van der Waals surface area contributed by atoms with Crippen molar-refractivity contribution in [1.29, 1.82) is 0 Å². The summed E-state index contributed by atoms with van der Waals surface area (Å²) in [5.74, 6) is 0.185. The third-order valence-corrected chi connectivity index (χ3v) is 1.11. The van der Waals surface area contributed by atoms with Gasteiger partial charge >= 0.3 is 0 Å². The molecule has 0 spiro atoms. The lowest BCUT2D eigenvalue weighted by Crippen LogP contribution is -2.33. The fourth-order valence-electron chi connectivity index (χ4n) is 0.601. The zero-order chi connectivity index (χ0) is 5.98. The van der Waals surface area contributed by atoms with Crippen LogP contribution >= 0.6 is 0 Å². The highest BCUT2D eigenvalue weighted by atomic mass is 16.6. The Hall–Kier alpha value is -0.640. The molecule has 4 heteroatoms. The van der Waals surface area contributed by atoms with Gasteiger partial charge in [-0.2, -0.15) is 0 Å². The standard InChI is InChI=1S/C4H7NO3/c6-5(7)1-4-2-8-3-4/h4H,1-3H2. The lowest BCUT2D eigenvalue weighted by atomic mass is 10.1. The zero-order valence-electron chi connectivity index (χ0n) is 4.37. The fourth-order valence-corrected chi connectivity index (χ4v) is 0.601. The number of hydrogen-bond acceptors (Lipinski definition) is 3. The van der Waals surface area contributed by atoms with Crippen molar-refractivity contribution in [1.82, 2.24) is 0 Å². The van der Waals surface area contributed by atoms with Crippen molar-refractivity contribution in [3.05, 3.63) is 10.1 Å². The molecule has 1 heterocycles. The summed E-state index contributed by atoms with van der Waals surface area (Å²) in [7, 11) is 0. The zero-order valence-corrected chi connectivity index (χ0v) is 4.37. The van der Waals surface area contributed by atoms with Gasteiger partial charge < -0.3 is 4.74 Å². The number of rotatable bonds is 2. The molecule has 1 rings (SSSR count). The Bertz CT molecular complexity index is 99.5. The molecule has 8 heavy (non-hydrogen) atoms. The van der Waals surface area contributed by atoms with E-state index in [9.17, 15) is 10.1 Å². The van der Waals surface area contributed by atoms with Gasteiger partial charge in [0, 0.05) is 4.92 Å². The van der Waals surface area contributed by atoms with Crippen molar-refractivity contribution in [2.45, 2.75) is 0 Å². The average molecular weight is 117 g/mol. The topological polar surface area (TPSA) is 52.4 Å². The predicted molar refractivity (Wildman–Crippen MR) is 26.2 cm³/mol. The molecular weight excluding hydrogens is 110 g/mol. The van der Waals surface area contributed by atoms with E-state index in [-0.39, 0.29) is 17.4 Å². The van der Waals surface area contributed by atoms with Gasteiger partial charge in [0.2, 0.25) is 6.54 Å². The van der Waals surface area contributed by atoms with Crippen LogP contribution in [0.25, 0.3) is 0 Å².